The Hall–Kier alpha value is -1.06. The molecule has 0 spiro atoms. The Kier molecular flexibility index (Phi) is 5.45. The molecule has 2 nitrogen and oxygen atoms in total. The summed E-state index contributed by atoms with van der Waals surface area (Å²) in [6.07, 6.45) is 0.623. The molecule has 0 heterocycles. The van der Waals surface area contributed by atoms with Crippen molar-refractivity contribution >= 4 is 11.6 Å². The monoisotopic (exact) mass is 257 g/mol. The predicted octanol–water partition coefficient (Wildman–Crippen LogP) is 3.24. The molecular weight excluding hydrogens is 241 g/mol. The lowest BCUT2D eigenvalue weighted by Gasteiger charge is -2.10. The minimum atomic E-state index is -0.314. The van der Waals surface area contributed by atoms with Crippen molar-refractivity contribution in [3.63, 3.8) is 0 Å². The molecule has 0 aromatic heterocycles. The fourth-order valence-electron chi connectivity index (χ4n) is 1.42. The molecule has 1 aromatic carbocycles. The Labute approximate surface area is 106 Å². The second-order valence-corrected chi connectivity index (χ2v) is 4.44. The Bertz CT molecular complexity index is 404. The van der Waals surface area contributed by atoms with E-state index in [2.05, 4.69) is 0 Å². The van der Waals surface area contributed by atoms with Gasteiger partial charge in [-0.05, 0) is 43.5 Å². The quantitative estimate of drug-likeness (QED) is 0.879. The van der Waals surface area contributed by atoms with Crippen LogP contribution in [0.25, 0.3) is 0 Å². The van der Waals surface area contributed by atoms with Crippen LogP contribution in [0.5, 0.6) is 5.75 Å². The van der Waals surface area contributed by atoms with E-state index in [9.17, 15) is 4.39 Å². The van der Waals surface area contributed by atoms with Gasteiger partial charge in [-0.15, -0.1) is 0 Å². The van der Waals surface area contributed by atoms with Gasteiger partial charge in [-0.1, -0.05) is 11.6 Å². The maximum Gasteiger partial charge on any atom is 0.127 e. The maximum atomic E-state index is 13.3. The first-order valence-electron chi connectivity index (χ1n) is 5.45. The number of ether oxygens (including phenoxy) is 1. The highest BCUT2D eigenvalue weighted by atomic mass is 35.5. The van der Waals surface area contributed by atoms with Crippen molar-refractivity contribution in [2.24, 2.45) is 5.73 Å². The molecule has 0 bridgehead atoms. The lowest BCUT2D eigenvalue weighted by Crippen LogP contribution is -2.17. The third-order valence-electron chi connectivity index (χ3n) is 2.14. The van der Waals surface area contributed by atoms with Crippen molar-refractivity contribution in [3.8, 4) is 5.75 Å². The Morgan fingerprint density at radius 2 is 2.24 bits per heavy atom. The van der Waals surface area contributed by atoms with Gasteiger partial charge in [0.1, 0.15) is 18.2 Å². The van der Waals surface area contributed by atoms with Gasteiger partial charge in [0.25, 0.3) is 0 Å². The fourth-order valence-corrected chi connectivity index (χ4v) is 1.49. The van der Waals surface area contributed by atoms with Gasteiger partial charge in [0.05, 0.1) is 0 Å². The molecule has 4 heteroatoms. The van der Waals surface area contributed by atoms with Crippen molar-refractivity contribution in [3.05, 3.63) is 40.7 Å². The molecule has 1 aromatic rings. The van der Waals surface area contributed by atoms with Crippen LogP contribution in [0, 0.1) is 5.82 Å². The fraction of sp³-hybridized carbons (Fsp3) is 0.385. The molecule has 0 aliphatic heterocycles. The van der Waals surface area contributed by atoms with E-state index in [-0.39, 0.29) is 11.9 Å². The van der Waals surface area contributed by atoms with Crippen molar-refractivity contribution in [1.29, 1.82) is 0 Å². The molecule has 0 radical (unpaired) electrons. The number of rotatable bonds is 5. The van der Waals surface area contributed by atoms with Gasteiger partial charge in [0.2, 0.25) is 0 Å². The molecule has 0 aliphatic carbocycles. The minimum Gasteiger partial charge on any atom is -0.489 e. The minimum absolute atomic E-state index is 0.00544. The first kappa shape index (κ1) is 14.0. The van der Waals surface area contributed by atoms with Crippen LogP contribution >= 0.6 is 11.6 Å². The number of halogens is 2. The van der Waals surface area contributed by atoms with Crippen LogP contribution in [0.4, 0.5) is 4.39 Å². The number of benzene rings is 1. The third kappa shape index (κ3) is 5.20. The van der Waals surface area contributed by atoms with Crippen LogP contribution in [0.15, 0.2) is 29.3 Å². The van der Waals surface area contributed by atoms with Crippen molar-refractivity contribution in [2.75, 3.05) is 6.61 Å². The Morgan fingerprint density at radius 3 is 2.82 bits per heavy atom. The Morgan fingerprint density at radius 1 is 1.53 bits per heavy atom. The van der Waals surface area contributed by atoms with Gasteiger partial charge in [0, 0.05) is 17.6 Å². The van der Waals surface area contributed by atoms with Gasteiger partial charge >= 0.3 is 0 Å². The zero-order chi connectivity index (χ0) is 12.8. The lowest BCUT2D eigenvalue weighted by atomic mass is 10.1. The first-order valence-corrected chi connectivity index (χ1v) is 5.88. The summed E-state index contributed by atoms with van der Waals surface area (Å²) in [7, 11) is 0. The van der Waals surface area contributed by atoms with Gasteiger partial charge in [-0.3, -0.25) is 0 Å². The molecule has 2 N–H and O–H groups in total. The smallest absolute Gasteiger partial charge is 0.127 e. The van der Waals surface area contributed by atoms with Gasteiger partial charge in [0.15, 0.2) is 0 Å². The van der Waals surface area contributed by atoms with E-state index in [0.29, 0.717) is 18.8 Å². The summed E-state index contributed by atoms with van der Waals surface area (Å²) < 4.78 is 18.8. The van der Waals surface area contributed by atoms with Gasteiger partial charge < -0.3 is 10.5 Å². The highest BCUT2D eigenvalue weighted by Crippen LogP contribution is 2.18. The van der Waals surface area contributed by atoms with Crippen LogP contribution in [0.2, 0.25) is 0 Å². The second kappa shape index (κ2) is 6.62. The van der Waals surface area contributed by atoms with Gasteiger partial charge in [-0.2, -0.15) is 0 Å². The molecule has 94 valence electrons. The van der Waals surface area contributed by atoms with Crippen LogP contribution < -0.4 is 10.5 Å². The Balaban J connectivity index is 2.75. The summed E-state index contributed by atoms with van der Waals surface area (Å²) in [6, 6.07) is 4.62. The van der Waals surface area contributed by atoms with E-state index in [1.165, 1.54) is 17.7 Å². The first-order chi connectivity index (χ1) is 8.01. The molecule has 0 amide bonds. The topological polar surface area (TPSA) is 35.2 Å². The molecule has 1 rings (SSSR count). The molecule has 0 fully saturated rings. The molecule has 0 saturated heterocycles. The van der Waals surface area contributed by atoms with E-state index < -0.39 is 0 Å². The summed E-state index contributed by atoms with van der Waals surface area (Å²) in [4.78, 5) is 0. The number of nitrogens with two attached hydrogens (primary N) is 1. The largest absolute Gasteiger partial charge is 0.489 e. The van der Waals surface area contributed by atoms with Crippen LogP contribution in [-0.4, -0.2) is 12.6 Å². The van der Waals surface area contributed by atoms with Crippen LogP contribution in [0.1, 0.15) is 19.4 Å². The summed E-state index contributed by atoms with van der Waals surface area (Å²) in [6.45, 7) is 4.07. The van der Waals surface area contributed by atoms with Crippen molar-refractivity contribution in [2.45, 2.75) is 26.3 Å². The van der Waals surface area contributed by atoms with Crippen LogP contribution in [0.3, 0.4) is 0 Å². The predicted molar refractivity (Wildman–Crippen MR) is 68.9 cm³/mol. The summed E-state index contributed by atoms with van der Waals surface area (Å²) in [5, 5.41) is 0. The summed E-state index contributed by atoms with van der Waals surface area (Å²) in [5.41, 5.74) is 8.84. The van der Waals surface area contributed by atoms with Crippen molar-refractivity contribution < 1.29 is 9.13 Å². The van der Waals surface area contributed by atoms with E-state index >= 15 is 0 Å². The normalized spacial score (nSPS) is 13.6. The van der Waals surface area contributed by atoms with E-state index in [4.69, 9.17) is 22.1 Å². The summed E-state index contributed by atoms with van der Waals surface area (Å²) >= 11 is 5.52. The number of hydrogen-bond acceptors (Lipinski definition) is 2. The maximum absolute atomic E-state index is 13.3. The average Bonchev–Trinajstić information content (AvgIpc) is 2.24. The highest BCUT2D eigenvalue weighted by molar-refractivity contribution is 6.25. The van der Waals surface area contributed by atoms with Gasteiger partial charge in [-0.25, -0.2) is 4.39 Å². The summed E-state index contributed by atoms with van der Waals surface area (Å²) in [5.74, 6) is 0.184. The van der Waals surface area contributed by atoms with E-state index in [0.717, 1.165) is 11.1 Å². The zero-order valence-corrected chi connectivity index (χ0v) is 10.8. The standard InChI is InChI=1S/C13H17ClFNO/c1-9(7-14)8-17-13-5-11(3-10(2)16)4-12(15)6-13/h4-7,10H,3,8,16H2,1-2H3/b9-7+. The van der Waals surface area contributed by atoms with Crippen molar-refractivity contribution in [1.82, 2.24) is 0 Å². The highest BCUT2D eigenvalue weighted by Gasteiger charge is 2.04. The molecule has 0 saturated carbocycles. The van der Waals surface area contributed by atoms with E-state index in [1.54, 1.807) is 6.07 Å². The molecular formula is C13H17ClFNO. The third-order valence-corrected chi connectivity index (χ3v) is 2.51. The molecule has 17 heavy (non-hydrogen) atoms. The molecule has 1 unspecified atom stereocenters. The molecule has 1 atom stereocenters. The van der Waals surface area contributed by atoms with E-state index in [1.807, 2.05) is 13.8 Å². The molecule has 0 aliphatic rings. The lowest BCUT2D eigenvalue weighted by molar-refractivity contribution is 0.349. The number of hydrogen-bond donors (Lipinski definition) is 1. The second-order valence-electron chi connectivity index (χ2n) is 4.22. The zero-order valence-electron chi connectivity index (χ0n) is 10.0. The average molecular weight is 258 g/mol. The SMILES string of the molecule is C/C(=C\Cl)COc1cc(F)cc(CC(C)N)c1. The van der Waals surface area contributed by atoms with Crippen LogP contribution in [-0.2, 0) is 6.42 Å².